The van der Waals surface area contributed by atoms with Crippen molar-refractivity contribution in [1.29, 1.82) is 0 Å². The first-order chi connectivity index (χ1) is 25.1. The second-order valence-electron chi connectivity index (χ2n) is 12.9. The van der Waals surface area contributed by atoms with Gasteiger partial charge < -0.3 is 0 Å². The van der Waals surface area contributed by atoms with Gasteiger partial charge in [-0.25, -0.2) is 15.0 Å². The van der Waals surface area contributed by atoms with E-state index in [9.17, 15) is 0 Å². The number of pyridine rings is 3. The Bertz CT molecular complexity index is 2730. The van der Waals surface area contributed by atoms with Crippen LogP contribution in [0.25, 0.3) is 87.4 Å². The average Bonchev–Trinajstić information content (AvgIpc) is 3.59. The van der Waals surface area contributed by atoms with Crippen molar-refractivity contribution in [3.05, 3.63) is 175 Å². The number of hydrogen-bond acceptors (Lipinski definition) is 4. The maximum Gasteiger partial charge on any atom is 0.0931 e. The molecule has 0 spiro atoms. The summed E-state index contributed by atoms with van der Waals surface area (Å²) in [7, 11) is 0. The summed E-state index contributed by atoms with van der Waals surface area (Å²) >= 11 is 1.84. The third-order valence-corrected chi connectivity index (χ3v) is 10.8. The van der Waals surface area contributed by atoms with Gasteiger partial charge >= 0.3 is 0 Å². The first kappa shape index (κ1) is 30.8. The molecule has 242 valence electrons. The van der Waals surface area contributed by atoms with Gasteiger partial charge in [-0.3, -0.25) is 0 Å². The molecule has 4 heterocycles. The topological polar surface area (TPSA) is 38.7 Å². The minimum absolute atomic E-state index is 0.717. The minimum atomic E-state index is 0.717. The van der Waals surface area contributed by atoms with E-state index < -0.39 is 0 Å². The molecule has 9 aromatic rings. The highest BCUT2D eigenvalue weighted by Crippen LogP contribution is 2.43. The quantitative estimate of drug-likeness (QED) is 0.158. The van der Waals surface area contributed by atoms with Crippen LogP contribution in [0.1, 0.15) is 11.1 Å². The van der Waals surface area contributed by atoms with Crippen molar-refractivity contribution in [3.8, 4) is 56.3 Å². The summed E-state index contributed by atoms with van der Waals surface area (Å²) in [6.45, 7) is 6.11. The van der Waals surface area contributed by atoms with Crippen LogP contribution in [0, 0.1) is 6.92 Å². The Labute approximate surface area is 301 Å². The molecular weight excluding hydrogens is 639 g/mol. The standard InChI is InChI=1S/C47H33N3S/c1-3-12-34-25-28-40(32-15-8-5-9-16-32)49-46(34)44-30(2)19-27-39(48-44)33-20-22-35(23-21-33)45-43-38-17-10-11-18-42(38)51-47(43)37-26-24-36(29-41(37)50-45)31-13-6-4-7-14-31/h3-11,13-29H,1,12H2,2H3. The van der Waals surface area contributed by atoms with Crippen LogP contribution < -0.4 is 0 Å². The molecule has 0 aliphatic heterocycles. The van der Waals surface area contributed by atoms with Gasteiger partial charge in [-0.15, -0.1) is 17.9 Å². The molecule has 0 unspecified atom stereocenters. The lowest BCUT2D eigenvalue weighted by Gasteiger charge is -2.14. The van der Waals surface area contributed by atoms with Crippen molar-refractivity contribution < 1.29 is 0 Å². The Morgan fingerprint density at radius 1 is 0.529 bits per heavy atom. The van der Waals surface area contributed by atoms with E-state index in [0.717, 1.165) is 68.2 Å². The van der Waals surface area contributed by atoms with E-state index in [2.05, 4.69) is 147 Å². The molecule has 0 saturated heterocycles. The summed E-state index contributed by atoms with van der Waals surface area (Å²) in [5.74, 6) is 0. The molecule has 0 radical (unpaired) electrons. The third kappa shape index (κ3) is 5.60. The largest absolute Gasteiger partial charge is 0.247 e. The molecule has 5 aromatic carbocycles. The van der Waals surface area contributed by atoms with Crippen LogP contribution in [0.3, 0.4) is 0 Å². The van der Waals surface area contributed by atoms with Crippen molar-refractivity contribution in [2.24, 2.45) is 0 Å². The molecule has 4 aromatic heterocycles. The van der Waals surface area contributed by atoms with Crippen LogP contribution in [-0.2, 0) is 6.42 Å². The number of aromatic nitrogens is 3. The molecular formula is C47H33N3S. The molecule has 51 heavy (non-hydrogen) atoms. The minimum Gasteiger partial charge on any atom is -0.247 e. The molecule has 0 saturated carbocycles. The van der Waals surface area contributed by atoms with Crippen LogP contribution in [-0.4, -0.2) is 15.0 Å². The number of aryl methyl sites for hydroxylation is 1. The van der Waals surface area contributed by atoms with Gasteiger partial charge in [-0.1, -0.05) is 133 Å². The fourth-order valence-electron chi connectivity index (χ4n) is 6.99. The van der Waals surface area contributed by atoms with E-state index in [1.165, 1.54) is 36.7 Å². The van der Waals surface area contributed by atoms with E-state index >= 15 is 0 Å². The van der Waals surface area contributed by atoms with Crippen LogP contribution in [0.5, 0.6) is 0 Å². The van der Waals surface area contributed by atoms with Crippen LogP contribution in [0.4, 0.5) is 0 Å². The first-order valence-electron chi connectivity index (χ1n) is 17.2. The summed E-state index contributed by atoms with van der Waals surface area (Å²) in [6, 6.07) is 53.4. The predicted molar refractivity (Wildman–Crippen MR) is 216 cm³/mol. The number of rotatable bonds is 7. The van der Waals surface area contributed by atoms with Crippen LogP contribution in [0.15, 0.2) is 164 Å². The Hall–Kier alpha value is -6.23. The van der Waals surface area contributed by atoms with Crippen molar-refractivity contribution in [1.82, 2.24) is 15.0 Å². The molecule has 0 atom stereocenters. The first-order valence-corrected chi connectivity index (χ1v) is 18.0. The molecule has 0 fully saturated rings. The van der Waals surface area contributed by atoms with Gasteiger partial charge in [0.1, 0.15) is 0 Å². The molecule has 0 N–H and O–H groups in total. The Morgan fingerprint density at radius 3 is 1.92 bits per heavy atom. The van der Waals surface area contributed by atoms with E-state index in [1.807, 2.05) is 35.6 Å². The second kappa shape index (κ2) is 12.9. The SMILES string of the molecule is C=CCc1ccc(-c2ccccc2)nc1-c1nc(-c2ccc(-c3nc4cc(-c5ccccc5)ccc4c4sc5ccccc5c34)cc2)ccc1C. The average molecular weight is 672 g/mol. The summed E-state index contributed by atoms with van der Waals surface area (Å²) < 4.78 is 2.54. The van der Waals surface area contributed by atoms with Crippen molar-refractivity contribution in [2.45, 2.75) is 13.3 Å². The molecule has 4 heteroatoms. The molecule has 0 aliphatic carbocycles. The highest BCUT2D eigenvalue weighted by atomic mass is 32.1. The molecule has 3 nitrogen and oxygen atoms in total. The lowest BCUT2D eigenvalue weighted by atomic mass is 9.98. The van der Waals surface area contributed by atoms with E-state index in [-0.39, 0.29) is 0 Å². The summed E-state index contributed by atoms with van der Waals surface area (Å²) in [4.78, 5) is 15.8. The lowest BCUT2D eigenvalue weighted by molar-refractivity contribution is 1.16. The molecule has 0 aliphatic rings. The normalized spacial score (nSPS) is 11.4. The highest BCUT2D eigenvalue weighted by molar-refractivity contribution is 7.26. The van der Waals surface area contributed by atoms with Gasteiger partial charge in [0.05, 0.1) is 34.0 Å². The number of allylic oxidation sites excluding steroid dienone is 1. The number of hydrogen-bond donors (Lipinski definition) is 0. The zero-order valence-electron chi connectivity index (χ0n) is 28.2. The predicted octanol–water partition coefficient (Wildman–Crippen LogP) is 12.8. The van der Waals surface area contributed by atoms with Gasteiger partial charge in [-0.2, -0.15) is 0 Å². The maximum atomic E-state index is 5.38. The molecule has 0 amide bonds. The third-order valence-electron chi connectivity index (χ3n) is 9.60. The van der Waals surface area contributed by atoms with Gasteiger partial charge in [-0.05, 0) is 59.9 Å². The number of fused-ring (bicyclic) bond motifs is 5. The Morgan fingerprint density at radius 2 is 1.16 bits per heavy atom. The van der Waals surface area contributed by atoms with Gasteiger partial charge in [0, 0.05) is 42.2 Å². The number of nitrogens with zero attached hydrogens (tertiary/aromatic N) is 3. The van der Waals surface area contributed by atoms with Crippen LogP contribution in [0.2, 0.25) is 0 Å². The number of benzene rings is 5. The van der Waals surface area contributed by atoms with E-state index in [0.29, 0.717) is 0 Å². The lowest BCUT2D eigenvalue weighted by Crippen LogP contribution is -2.00. The Kier molecular flexibility index (Phi) is 7.79. The Balaban J connectivity index is 1.15. The fourth-order valence-corrected chi connectivity index (χ4v) is 8.23. The van der Waals surface area contributed by atoms with Gasteiger partial charge in [0.25, 0.3) is 0 Å². The highest BCUT2D eigenvalue weighted by Gasteiger charge is 2.18. The zero-order chi connectivity index (χ0) is 34.3. The summed E-state index contributed by atoms with van der Waals surface area (Å²) in [5.41, 5.74) is 13.4. The van der Waals surface area contributed by atoms with E-state index in [1.54, 1.807) is 0 Å². The maximum absolute atomic E-state index is 5.38. The van der Waals surface area contributed by atoms with Crippen LogP contribution >= 0.6 is 11.3 Å². The monoisotopic (exact) mass is 671 g/mol. The second-order valence-corrected chi connectivity index (χ2v) is 13.9. The van der Waals surface area contributed by atoms with Crippen molar-refractivity contribution >= 4 is 42.4 Å². The van der Waals surface area contributed by atoms with Gasteiger partial charge in [0.15, 0.2) is 0 Å². The van der Waals surface area contributed by atoms with Crippen molar-refractivity contribution in [3.63, 3.8) is 0 Å². The fraction of sp³-hybridized carbons (Fsp3) is 0.0426. The molecule has 0 bridgehead atoms. The number of thiophene rings is 1. The van der Waals surface area contributed by atoms with Crippen molar-refractivity contribution in [2.75, 3.05) is 0 Å². The summed E-state index contributed by atoms with van der Waals surface area (Å²) in [5, 5.41) is 3.63. The van der Waals surface area contributed by atoms with Gasteiger partial charge in [0.2, 0.25) is 0 Å². The van der Waals surface area contributed by atoms with E-state index in [4.69, 9.17) is 15.0 Å². The molecule has 9 rings (SSSR count). The smallest absolute Gasteiger partial charge is 0.0931 e. The summed E-state index contributed by atoms with van der Waals surface area (Å²) in [6.07, 6.45) is 2.65. The zero-order valence-corrected chi connectivity index (χ0v) is 29.0.